The second kappa shape index (κ2) is 66.9. The zero-order valence-electron chi connectivity index (χ0n) is 61.3. The predicted octanol–water partition coefficient (Wildman–Crippen LogP) is 21.9. The minimum atomic E-state index is -4.96. The number of ether oxygens (including phenoxy) is 4. The lowest BCUT2D eigenvalue weighted by molar-refractivity contribution is -0.161. The van der Waals surface area contributed by atoms with E-state index >= 15 is 0 Å². The first-order valence-electron chi connectivity index (χ1n) is 39.0. The van der Waals surface area contributed by atoms with Crippen LogP contribution in [0.5, 0.6) is 0 Å². The van der Waals surface area contributed by atoms with Gasteiger partial charge < -0.3 is 33.8 Å². The minimum absolute atomic E-state index is 0.107. The smallest absolute Gasteiger partial charge is 0.462 e. The Morgan fingerprint density at radius 1 is 0.287 bits per heavy atom. The maximum Gasteiger partial charge on any atom is 0.472 e. The van der Waals surface area contributed by atoms with Gasteiger partial charge in [-0.1, -0.05) is 337 Å². The third-order valence-corrected chi connectivity index (χ3v) is 19.4. The van der Waals surface area contributed by atoms with Crippen molar-refractivity contribution in [3.63, 3.8) is 0 Å². The van der Waals surface area contributed by atoms with Crippen LogP contribution in [0.4, 0.5) is 0 Å². The van der Waals surface area contributed by atoms with E-state index in [1.807, 2.05) is 0 Å². The van der Waals surface area contributed by atoms with Gasteiger partial charge in [-0.05, 0) is 37.5 Å². The van der Waals surface area contributed by atoms with Crippen molar-refractivity contribution in [1.82, 2.24) is 0 Å². The summed E-state index contributed by atoms with van der Waals surface area (Å²) in [6.45, 7) is 9.61. The van der Waals surface area contributed by atoms with Gasteiger partial charge in [0, 0.05) is 25.7 Å². The molecule has 0 heterocycles. The molecule has 94 heavy (non-hydrogen) atoms. The Kier molecular flexibility index (Phi) is 65.5. The Balaban J connectivity index is 5.26. The van der Waals surface area contributed by atoms with Crippen LogP contribution in [-0.4, -0.2) is 96.7 Å². The third-order valence-electron chi connectivity index (χ3n) is 17.5. The Labute approximate surface area is 575 Å². The van der Waals surface area contributed by atoms with Gasteiger partial charge in [0.05, 0.1) is 26.4 Å². The van der Waals surface area contributed by atoms with E-state index in [2.05, 4.69) is 41.5 Å². The van der Waals surface area contributed by atoms with E-state index in [9.17, 15) is 43.2 Å². The van der Waals surface area contributed by atoms with E-state index in [-0.39, 0.29) is 25.7 Å². The second-order valence-corrected chi connectivity index (χ2v) is 30.9. The molecular weight excluding hydrogens is 1230 g/mol. The minimum Gasteiger partial charge on any atom is -0.462 e. The first kappa shape index (κ1) is 92.1. The standard InChI is InChI=1S/C75H146O17P2/c1-7-9-11-13-15-17-19-27-33-39-45-51-57-72(77)85-63-70(91-74(79)59-53-47-41-35-28-20-18-16-14-12-10-8-2)65-89-93(81,82)87-61-69(76)62-88-94(83,84)90-66-71(64-86-73(78)58-52-46-40-34-30-24-26-32-38-44-50-56-68(5)6)92-75(80)60-54-48-42-36-29-23-21-22-25-31-37-43-49-55-67(3)4/h67-71,76H,7-66H2,1-6H3,(H,81,82)(H,83,84)/t69-,70+,71+/m0/s1. The molecule has 0 radical (unpaired) electrons. The number of phosphoric ester groups is 2. The molecule has 0 aliphatic rings. The van der Waals surface area contributed by atoms with Crippen LogP contribution in [0.2, 0.25) is 0 Å². The van der Waals surface area contributed by atoms with Gasteiger partial charge in [0.2, 0.25) is 0 Å². The molecule has 0 saturated carbocycles. The van der Waals surface area contributed by atoms with Crippen molar-refractivity contribution in [2.45, 2.75) is 407 Å². The van der Waals surface area contributed by atoms with Crippen molar-refractivity contribution < 1.29 is 80.2 Å². The van der Waals surface area contributed by atoms with Crippen molar-refractivity contribution in [2.24, 2.45) is 11.8 Å². The first-order valence-corrected chi connectivity index (χ1v) is 42.0. The molecule has 0 aliphatic carbocycles. The van der Waals surface area contributed by atoms with E-state index in [0.29, 0.717) is 25.7 Å². The molecule has 0 aromatic rings. The number of unbranched alkanes of at least 4 members (excludes halogenated alkanes) is 44. The summed E-state index contributed by atoms with van der Waals surface area (Å²) in [6, 6.07) is 0. The molecular formula is C75H146O17P2. The summed E-state index contributed by atoms with van der Waals surface area (Å²) >= 11 is 0. The van der Waals surface area contributed by atoms with E-state index in [1.165, 1.54) is 205 Å². The molecule has 0 aliphatic heterocycles. The number of phosphoric acid groups is 2. The number of carbonyl (C=O) groups is 4. The van der Waals surface area contributed by atoms with Crippen molar-refractivity contribution in [3.05, 3.63) is 0 Å². The largest absolute Gasteiger partial charge is 0.472 e. The SMILES string of the molecule is CCCCCCCCCCCCCCC(=O)OC[C@H](COP(=O)(O)OC[C@H](O)COP(=O)(O)OC[C@@H](COC(=O)CCCCCCCCCCCCCC(C)C)OC(=O)CCCCCCCCCCCCCCCC(C)C)OC(=O)CCCCCCCCCCCCCC. The van der Waals surface area contributed by atoms with Gasteiger partial charge in [0.1, 0.15) is 19.3 Å². The summed E-state index contributed by atoms with van der Waals surface area (Å²) in [5.74, 6) is -0.556. The summed E-state index contributed by atoms with van der Waals surface area (Å²) in [7, 11) is -9.91. The van der Waals surface area contributed by atoms with Crippen LogP contribution in [0.3, 0.4) is 0 Å². The number of hydrogen-bond acceptors (Lipinski definition) is 15. The van der Waals surface area contributed by atoms with Gasteiger partial charge in [-0.15, -0.1) is 0 Å². The lowest BCUT2D eigenvalue weighted by atomic mass is 10.0. The van der Waals surface area contributed by atoms with Gasteiger partial charge >= 0.3 is 39.5 Å². The zero-order chi connectivity index (χ0) is 69.3. The normalized spacial score (nSPS) is 14.0. The highest BCUT2D eigenvalue weighted by molar-refractivity contribution is 7.47. The molecule has 0 aromatic heterocycles. The van der Waals surface area contributed by atoms with Crippen molar-refractivity contribution in [3.8, 4) is 0 Å². The molecule has 558 valence electrons. The van der Waals surface area contributed by atoms with Gasteiger partial charge in [-0.25, -0.2) is 9.13 Å². The summed E-state index contributed by atoms with van der Waals surface area (Å²) in [6.07, 6.45) is 53.9. The van der Waals surface area contributed by atoms with Crippen molar-refractivity contribution in [2.75, 3.05) is 39.6 Å². The average Bonchev–Trinajstić information content (AvgIpc) is 1.72. The Morgan fingerprint density at radius 3 is 0.723 bits per heavy atom. The third kappa shape index (κ3) is 68.6. The highest BCUT2D eigenvalue weighted by Crippen LogP contribution is 2.45. The van der Waals surface area contributed by atoms with Crippen LogP contribution < -0.4 is 0 Å². The molecule has 0 saturated heterocycles. The number of esters is 4. The highest BCUT2D eigenvalue weighted by Gasteiger charge is 2.30. The van der Waals surface area contributed by atoms with Crippen LogP contribution in [0, 0.1) is 11.8 Å². The van der Waals surface area contributed by atoms with Crippen LogP contribution >= 0.6 is 15.6 Å². The number of aliphatic hydroxyl groups is 1. The topological polar surface area (TPSA) is 237 Å². The Morgan fingerprint density at radius 2 is 0.489 bits per heavy atom. The number of hydrogen-bond donors (Lipinski definition) is 3. The lowest BCUT2D eigenvalue weighted by Crippen LogP contribution is -2.30. The zero-order valence-corrected chi connectivity index (χ0v) is 63.1. The molecule has 2 unspecified atom stereocenters. The fourth-order valence-corrected chi connectivity index (χ4v) is 13.1. The molecule has 0 spiro atoms. The predicted molar refractivity (Wildman–Crippen MR) is 381 cm³/mol. The molecule has 0 amide bonds. The van der Waals surface area contributed by atoms with E-state index in [4.69, 9.17) is 37.0 Å². The molecule has 19 heteroatoms. The number of aliphatic hydroxyl groups excluding tert-OH is 1. The van der Waals surface area contributed by atoms with Crippen LogP contribution in [0.1, 0.15) is 388 Å². The highest BCUT2D eigenvalue weighted by atomic mass is 31.2. The molecule has 5 atom stereocenters. The maximum absolute atomic E-state index is 13.1. The van der Waals surface area contributed by atoms with Crippen LogP contribution in [-0.2, 0) is 65.4 Å². The quantitative estimate of drug-likeness (QED) is 0.0222. The second-order valence-electron chi connectivity index (χ2n) is 28.0. The van der Waals surface area contributed by atoms with E-state index in [0.717, 1.165) is 102 Å². The van der Waals surface area contributed by atoms with E-state index < -0.39 is 97.5 Å². The van der Waals surface area contributed by atoms with Crippen LogP contribution in [0.25, 0.3) is 0 Å². The lowest BCUT2D eigenvalue weighted by Gasteiger charge is -2.21. The summed E-state index contributed by atoms with van der Waals surface area (Å²) in [4.78, 5) is 72.8. The number of carbonyl (C=O) groups excluding carboxylic acids is 4. The fraction of sp³-hybridized carbons (Fsp3) is 0.947. The monoisotopic (exact) mass is 1380 g/mol. The molecule has 0 aromatic carbocycles. The first-order chi connectivity index (χ1) is 45.4. The summed E-state index contributed by atoms with van der Waals surface area (Å²) in [5, 5.41) is 10.6. The summed E-state index contributed by atoms with van der Waals surface area (Å²) < 4.78 is 68.5. The Bertz CT molecular complexity index is 1820. The molecule has 0 bridgehead atoms. The molecule has 3 N–H and O–H groups in total. The summed E-state index contributed by atoms with van der Waals surface area (Å²) in [5.41, 5.74) is 0. The molecule has 0 rings (SSSR count). The van der Waals surface area contributed by atoms with Gasteiger partial charge in [-0.2, -0.15) is 0 Å². The Hall–Kier alpha value is -1.94. The van der Waals surface area contributed by atoms with Gasteiger partial charge in [-0.3, -0.25) is 37.3 Å². The van der Waals surface area contributed by atoms with Crippen molar-refractivity contribution in [1.29, 1.82) is 0 Å². The van der Waals surface area contributed by atoms with Gasteiger partial charge in [0.15, 0.2) is 12.2 Å². The average molecular weight is 1380 g/mol. The van der Waals surface area contributed by atoms with Crippen molar-refractivity contribution >= 4 is 39.5 Å². The molecule has 0 fully saturated rings. The van der Waals surface area contributed by atoms with Gasteiger partial charge in [0.25, 0.3) is 0 Å². The maximum atomic E-state index is 13.1. The van der Waals surface area contributed by atoms with E-state index in [1.54, 1.807) is 0 Å². The van der Waals surface area contributed by atoms with Crippen LogP contribution in [0.15, 0.2) is 0 Å². The molecule has 17 nitrogen and oxygen atoms in total. The number of rotatable bonds is 74. The fourth-order valence-electron chi connectivity index (χ4n) is 11.5.